The Labute approximate surface area is 162 Å². The Bertz CT molecular complexity index is 1220. The summed E-state index contributed by atoms with van der Waals surface area (Å²) in [4.78, 5) is 28.9. The number of aromatic nitrogens is 4. The third-order valence-electron chi connectivity index (χ3n) is 4.05. The molecule has 0 aliphatic rings. The molecular weight excluding hydrogens is 381 g/mol. The van der Waals surface area contributed by atoms with Crippen LogP contribution in [0.5, 0.6) is 0 Å². The summed E-state index contributed by atoms with van der Waals surface area (Å²) in [7, 11) is 0. The Balaban J connectivity index is 1.42. The van der Waals surface area contributed by atoms with Gasteiger partial charge in [-0.15, -0.1) is 16.4 Å². The Morgan fingerprint density at radius 1 is 1.18 bits per heavy atom. The van der Waals surface area contributed by atoms with Crippen LogP contribution in [-0.4, -0.2) is 25.9 Å². The van der Waals surface area contributed by atoms with Crippen molar-refractivity contribution < 1.29 is 9.18 Å². The van der Waals surface area contributed by atoms with E-state index in [1.165, 1.54) is 28.2 Å². The van der Waals surface area contributed by atoms with Crippen LogP contribution in [0.2, 0.25) is 0 Å². The fourth-order valence-corrected chi connectivity index (χ4v) is 3.41. The van der Waals surface area contributed by atoms with Crippen LogP contribution < -0.4 is 10.9 Å². The topological polar surface area (TPSA) is 89.8 Å². The van der Waals surface area contributed by atoms with Gasteiger partial charge in [-0.3, -0.25) is 9.59 Å². The lowest BCUT2D eigenvalue weighted by atomic mass is 10.2. The van der Waals surface area contributed by atoms with E-state index in [1.54, 1.807) is 41.8 Å². The van der Waals surface area contributed by atoms with Gasteiger partial charge < -0.3 is 5.32 Å². The zero-order valence-corrected chi connectivity index (χ0v) is 15.3. The summed E-state index contributed by atoms with van der Waals surface area (Å²) < 4.78 is 14.5. The van der Waals surface area contributed by atoms with E-state index in [0.29, 0.717) is 27.3 Å². The van der Waals surface area contributed by atoms with Crippen LogP contribution in [0, 0.1) is 5.82 Å². The number of carbonyl (C=O) groups excluding carboxylic acids is 1. The summed E-state index contributed by atoms with van der Waals surface area (Å²) >= 11 is 1.24. The molecular formula is C19H14FN5O2S. The van der Waals surface area contributed by atoms with Crippen molar-refractivity contribution in [3.8, 4) is 11.3 Å². The molecule has 0 aliphatic carbocycles. The molecule has 2 heterocycles. The van der Waals surface area contributed by atoms with Crippen LogP contribution in [0.3, 0.4) is 0 Å². The van der Waals surface area contributed by atoms with E-state index in [2.05, 4.69) is 20.6 Å². The molecule has 0 bridgehead atoms. The van der Waals surface area contributed by atoms with Gasteiger partial charge in [0.2, 0.25) is 5.91 Å². The molecule has 2 aromatic carbocycles. The number of carbonyl (C=O) groups is 1. The van der Waals surface area contributed by atoms with Crippen molar-refractivity contribution >= 4 is 33.3 Å². The maximum atomic E-state index is 13.3. The van der Waals surface area contributed by atoms with Crippen LogP contribution in [0.15, 0.2) is 58.7 Å². The molecule has 0 radical (unpaired) electrons. The smallest absolute Gasteiger partial charge is 0.277 e. The van der Waals surface area contributed by atoms with Crippen molar-refractivity contribution in [2.75, 3.05) is 5.32 Å². The molecule has 1 amide bonds. The lowest BCUT2D eigenvalue weighted by molar-refractivity contribution is -0.116. The largest absolute Gasteiger partial charge is 0.302 e. The van der Waals surface area contributed by atoms with Gasteiger partial charge in [-0.2, -0.15) is 0 Å². The quantitative estimate of drug-likeness (QED) is 0.561. The van der Waals surface area contributed by atoms with Crippen LogP contribution in [0.25, 0.3) is 22.2 Å². The number of halogens is 1. The standard InChI is InChI=1S/C19H14FN5O2S/c20-13-5-3-4-12(10-13)16-11-28-19(21-16)22-17(26)8-9-25-18(27)14-6-1-2-7-15(14)23-24-25/h1-7,10-11H,8-9H2,(H,21,22,26). The molecule has 0 saturated heterocycles. The second kappa shape index (κ2) is 7.65. The number of rotatable bonds is 5. The molecule has 4 aromatic rings. The van der Waals surface area contributed by atoms with E-state index in [1.807, 2.05) is 0 Å². The highest BCUT2D eigenvalue weighted by Crippen LogP contribution is 2.25. The zero-order chi connectivity index (χ0) is 19.5. The molecule has 4 rings (SSSR count). The Morgan fingerprint density at radius 3 is 2.89 bits per heavy atom. The fourth-order valence-electron chi connectivity index (χ4n) is 2.67. The number of anilines is 1. The third-order valence-corrected chi connectivity index (χ3v) is 4.81. The van der Waals surface area contributed by atoms with Gasteiger partial charge in [0.05, 0.1) is 17.6 Å². The molecule has 0 aliphatic heterocycles. The van der Waals surface area contributed by atoms with E-state index in [0.717, 1.165) is 0 Å². The molecule has 1 N–H and O–H groups in total. The lowest BCUT2D eigenvalue weighted by Gasteiger charge is -2.05. The van der Waals surface area contributed by atoms with Crippen molar-refractivity contribution in [1.29, 1.82) is 0 Å². The average molecular weight is 395 g/mol. The number of nitrogens with zero attached hydrogens (tertiary/aromatic N) is 4. The molecule has 2 aromatic heterocycles. The number of aryl methyl sites for hydroxylation is 1. The van der Waals surface area contributed by atoms with Gasteiger partial charge in [0.1, 0.15) is 11.3 Å². The third kappa shape index (κ3) is 3.79. The molecule has 0 atom stereocenters. The number of benzene rings is 2. The number of thiazole rings is 1. The van der Waals surface area contributed by atoms with Crippen molar-refractivity contribution in [2.45, 2.75) is 13.0 Å². The van der Waals surface area contributed by atoms with Gasteiger partial charge in [-0.1, -0.05) is 29.5 Å². The SMILES string of the molecule is O=C(CCn1nnc2ccccc2c1=O)Nc1nc(-c2cccc(F)c2)cs1. The van der Waals surface area contributed by atoms with E-state index in [9.17, 15) is 14.0 Å². The molecule has 0 unspecified atom stereocenters. The minimum Gasteiger partial charge on any atom is -0.302 e. The highest BCUT2D eigenvalue weighted by molar-refractivity contribution is 7.14. The highest BCUT2D eigenvalue weighted by atomic mass is 32.1. The molecule has 9 heteroatoms. The minimum absolute atomic E-state index is 0.0435. The van der Waals surface area contributed by atoms with Crippen LogP contribution in [-0.2, 0) is 11.3 Å². The van der Waals surface area contributed by atoms with Crippen LogP contribution >= 0.6 is 11.3 Å². The maximum Gasteiger partial charge on any atom is 0.277 e. The minimum atomic E-state index is -0.349. The van der Waals surface area contributed by atoms with E-state index in [-0.39, 0.29) is 30.2 Å². The lowest BCUT2D eigenvalue weighted by Crippen LogP contribution is -2.26. The highest BCUT2D eigenvalue weighted by Gasteiger charge is 2.11. The molecule has 28 heavy (non-hydrogen) atoms. The first-order valence-electron chi connectivity index (χ1n) is 8.44. The predicted octanol–water partition coefficient (Wildman–Crippen LogP) is 3.08. The fraction of sp³-hybridized carbons (Fsp3) is 0.105. The van der Waals surface area contributed by atoms with Gasteiger partial charge in [-0.05, 0) is 24.3 Å². The van der Waals surface area contributed by atoms with Crippen LogP contribution in [0.4, 0.5) is 9.52 Å². The second-order valence-corrected chi connectivity index (χ2v) is 6.84. The molecule has 0 saturated carbocycles. The first kappa shape index (κ1) is 17.9. The molecule has 7 nitrogen and oxygen atoms in total. The summed E-state index contributed by atoms with van der Waals surface area (Å²) in [6.07, 6.45) is 0.0435. The summed E-state index contributed by atoms with van der Waals surface area (Å²) in [5.41, 5.74) is 1.44. The van der Waals surface area contributed by atoms with E-state index < -0.39 is 0 Å². The Morgan fingerprint density at radius 2 is 2.04 bits per heavy atom. The second-order valence-electron chi connectivity index (χ2n) is 5.98. The average Bonchev–Trinajstić information content (AvgIpc) is 3.16. The number of hydrogen-bond donors (Lipinski definition) is 1. The first-order chi connectivity index (χ1) is 13.6. The number of amides is 1. The van der Waals surface area contributed by atoms with Crippen molar-refractivity contribution in [2.24, 2.45) is 0 Å². The van der Waals surface area contributed by atoms with Gasteiger partial charge in [0.15, 0.2) is 5.13 Å². The van der Waals surface area contributed by atoms with Gasteiger partial charge in [-0.25, -0.2) is 14.1 Å². The number of fused-ring (bicyclic) bond motifs is 1. The Hall–Kier alpha value is -3.46. The molecule has 140 valence electrons. The van der Waals surface area contributed by atoms with E-state index >= 15 is 0 Å². The summed E-state index contributed by atoms with van der Waals surface area (Å²) in [5, 5.41) is 13.1. The monoisotopic (exact) mass is 395 g/mol. The van der Waals surface area contributed by atoms with Gasteiger partial charge >= 0.3 is 0 Å². The summed E-state index contributed by atoms with van der Waals surface area (Å²) in [6.45, 7) is 0.102. The van der Waals surface area contributed by atoms with E-state index in [4.69, 9.17) is 0 Å². The van der Waals surface area contributed by atoms with Gasteiger partial charge in [0, 0.05) is 17.4 Å². The van der Waals surface area contributed by atoms with Gasteiger partial charge in [0.25, 0.3) is 5.56 Å². The molecule has 0 spiro atoms. The zero-order valence-electron chi connectivity index (χ0n) is 14.5. The summed E-state index contributed by atoms with van der Waals surface area (Å²) in [6, 6.07) is 13.0. The predicted molar refractivity (Wildman–Crippen MR) is 105 cm³/mol. The molecule has 0 fully saturated rings. The van der Waals surface area contributed by atoms with Crippen molar-refractivity contribution in [1.82, 2.24) is 20.0 Å². The van der Waals surface area contributed by atoms with Crippen molar-refractivity contribution in [3.05, 3.63) is 70.1 Å². The van der Waals surface area contributed by atoms with Crippen molar-refractivity contribution in [3.63, 3.8) is 0 Å². The normalized spacial score (nSPS) is 10.9. The number of hydrogen-bond acceptors (Lipinski definition) is 6. The van der Waals surface area contributed by atoms with Crippen LogP contribution in [0.1, 0.15) is 6.42 Å². The maximum absolute atomic E-state index is 13.3. The number of nitrogens with one attached hydrogen (secondary N) is 1. The summed E-state index contributed by atoms with van der Waals surface area (Å²) in [5.74, 6) is -0.653. The Kier molecular flexibility index (Phi) is 4.90. The first-order valence-corrected chi connectivity index (χ1v) is 9.32.